The first-order valence-electron chi connectivity index (χ1n) is 6.24. The van der Waals surface area contributed by atoms with Crippen LogP contribution in [0.4, 0.5) is 5.69 Å². The summed E-state index contributed by atoms with van der Waals surface area (Å²) in [5.74, 6) is 0. The topological polar surface area (TPSA) is 15.3 Å². The Morgan fingerprint density at radius 2 is 2.06 bits per heavy atom. The number of hydrogen-bond acceptors (Lipinski definition) is 2. The average molecular weight is 218 g/mol. The minimum absolute atomic E-state index is 0.436. The second-order valence-electron chi connectivity index (χ2n) is 5.09. The standard InChI is InChI=1S/C14H22N2/c1-3-16(13-7-5-4-6-8-13)12-14(2)9-10-15-11-14/h4-8,15H,3,9-12H2,1-2H3. The van der Waals surface area contributed by atoms with Crippen LogP contribution in [0.15, 0.2) is 30.3 Å². The molecule has 0 spiro atoms. The van der Waals surface area contributed by atoms with Gasteiger partial charge in [0.25, 0.3) is 0 Å². The Balaban J connectivity index is 2.06. The van der Waals surface area contributed by atoms with Crippen molar-refractivity contribution in [1.29, 1.82) is 0 Å². The molecule has 1 fully saturated rings. The van der Waals surface area contributed by atoms with Gasteiger partial charge in [0.2, 0.25) is 0 Å². The van der Waals surface area contributed by atoms with E-state index < -0.39 is 0 Å². The highest BCUT2D eigenvalue weighted by Gasteiger charge is 2.30. The lowest BCUT2D eigenvalue weighted by Gasteiger charge is -2.32. The molecule has 1 aromatic rings. The summed E-state index contributed by atoms with van der Waals surface area (Å²) in [6, 6.07) is 10.7. The third-order valence-electron chi connectivity index (χ3n) is 3.53. The van der Waals surface area contributed by atoms with Gasteiger partial charge in [-0.3, -0.25) is 0 Å². The van der Waals surface area contributed by atoms with Crippen molar-refractivity contribution in [2.75, 3.05) is 31.1 Å². The number of hydrogen-bond donors (Lipinski definition) is 1. The first-order chi connectivity index (χ1) is 7.73. The van der Waals surface area contributed by atoms with Crippen molar-refractivity contribution in [3.05, 3.63) is 30.3 Å². The molecule has 0 aliphatic carbocycles. The molecule has 1 atom stereocenters. The van der Waals surface area contributed by atoms with Crippen LogP contribution in [0, 0.1) is 5.41 Å². The van der Waals surface area contributed by atoms with Crippen LogP contribution in [0.25, 0.3) is 0 Å². The maximum atomic E-state index is 3.47. The van der Waals surface area contributed by atoms with Gasteiger partial charge in [0, 0.05) is 25.3 Å². The molecular formula is C14H22N2. The molecule has 1 heterocycles. The van der Waals surface area contributed by atoms with E-state index in [1.54, 1.807) is 0 Å². The van der Waals surface area contributed by atoms with E-state index in [0.29, 0.717) is 5.41 Å². The van der Waals surface area contributed by atoms with Crippen molar-refractivity contribution in [3.8, 4) is 0 Å². The van der Waals surface area contributed by atoms with Gasteiger partial charge >= 0.3 is 0 Å². The average Bonchev–Trinajstić information content (AvgIpc) is 2.74. The van der Waals surface area contributed by atoms with E-state index in [1.165, 1.54) is 18.7 Å². The van der Waals surface area contributed by atoms with Gasteiger partial charge in [-0.05, 0) is 37.4 Å². The van der Waals surface area contributed by atoms with Gasteiger partial charge in [0.1, 0.15) is 0 Å². The van der Waals surface area contributed by atoms with Gasteiger partial charge in [0.15, 0.2) is 0 Å². The van der Waals surface area contributed by atoms with Gasteiger partial charge in [-0.1, -0.05) is 25.1 Å². The first-order valence-corrected chi connectivity index (χ1v) is 6.24. The summed E-state index contributed by atoms with van der Waals surface area (Å²) >= 11 is 0. The highest BCUT2D eigenvalue weighted by atomic mass is 15.1. The van der Waals surface area contributed by atoms with Crippen LogP contribution in [-0.4, -0.2) is 26.2 Å². The molecule has 1 aliphatic heterocycles. The number of rotatable bonds is 4. The van der Waals surface area contributed by atoms with Crippen molar-refractivity contribution in [2.45, 2.75) is 20.3 Å². The van der Waals surface area contributed by atoms with Crippen LogP contribution in [0.2, 0.25) is 0 Å². The SMILES string of the molecule is CCN(CC1(C)CCNC1)c1ccccc1. The molecule has 1 N–H and O–H groups in total. The van der Waals surface area contributed by atoms with E-state index in [1.807, 2.05) is 0 Å². The van der Waals surface area contributed by atoms with Gasteiger partial charge in [-0.15, -0.1) is 0 Å². The van der Waals surface area contributed by atoms with E-state index in [-0.39, 0.29) is 0 Å². The van der Waals surface area contributed by atoms with Gasteiger partial charge < -0.3 is 10.2 Å². The van der Waals surface area contributed by atoms with Crippen molar-refractivity contribution in [3.63, 3.8) is 0 Å². The van der Waals surface area contributed by atoms with Crippen LogP contribution < -0.4 is 10.2 Å². The maximum Gasteiger partial charge on any atom is 0.0366 e. The molecular weight excluding hydrogens is 196 g/mol. The Kier molecular flexibility index (Phi) is 3.49. The molecule has 88 valence electrons. The smallest absolute Gasteiger partial charge is 0.0366 e. The van der Waals surface area contributed by atoms with E-state index >= 15 is 0 Å². The molecule has 0 amide bonds. The first kappa shape index (κ1) is 11.5. The van der Waals surface area contributed by atoms with E-state index in [0.717, 1.165) is 19.6 Å². The Morgan fingerprint density at radius 1 is 1.31 bits per heavy atom. The lowest BCUT2D eigenvalue weighted by Crippen LogP contribution is -2.37. The molecule has 2 nitrogen and oxygen atoms in total. The zero-order valence-corrected chi connectivity index (χ0v) is 10.4. The second-order valence-corrected chi connectivity index (χ2v) is 5.09. The van der Waals surface area contributed by atoms with Gasteiger partial charge in [-0.2, -0.15) is 0 Å². The van der Waals surface area contributed by atoms with Crippen LogP contribution in [0.5, 0.6) is 0 Å². The second kappa shape index (κ2) is 4.88. The summed E-state index contributed by atoms with van der Waals surface area (Å²) in [7, 11) is 0. The van der Waals surface area contributed by atoms with E-state index in [2.05, 4.69) is 54.4 Å². The van der Waals surface area contributed by atoms with Gasteiger partial charge in [0.05, 0.1) is 0 Å². The molecule has 0 radical (unpaired) electrons. The van der Waals surface area contributed by atoms with Crippen molar-refractivity contribution in [2.24, 2.45) is 5.41 Å². The molecule has 16 heavy (non-hydrogen) atoms. The zero-order chi connectivity index (χ0) is 11.4. The van der Waals surface area contributed by atoms with E-state index in [9.17, 15) is 0 Å². The van der Waals surface area contributed by atoms with Crippen molar-refractivity contribution in [1.82, 2.24) is 5.32 Å². The minimum Gasteiger partial charge on any atom is -0.371 e. The molecule has 1 aromatic carbocycles. The number of nitrogens with one attached hydrogen (secondary N) is 1. The van der Waals surface area contributed by atoms with Crippen molar-refractivity contribution < 1.29 is 0 Å². The summed E-state index contributed by atoms with van der Waals surface area (Å²) in [5, 5.41) is 3.47. The Bertz CT molecular complexity index is 315. The Morgan fingerprint density at radius 3 is 2.62 bits per heavy atom. The fourth-order valence-electron chi connectivity index (χ4n) is 2.49. The van der Waals surface area contributed by atoms with Crippen molar-refractivity contribution >= 4 is 5.69 Å². The summed E-state index contributed by atoms with van der Waals surface area (Å²) in [6.07, 6.45) is 1.29. The molecule has 0 bridgehead atoms. The fourth-order valence-corrected chi connectivity index (χ4v) is 2.49. The normalized spacial score (nSPS) is 24.6. The number of anilines is 1. The monoisotopic (exact) mass is 218 g/mol. The summed E-state index contributed by atoms with van der Waals surface area (Å²) < 4.78 is 0. The Hall–Kier alpha value is -1.02. The third kappa shape index (κ3) is 2.56. The number of nitrogens with zero attached hydrogens (tertiary/aromatic N) is 1. The molecule has 1 unspecified atom stereocenters. The van der Waals surface area contributed by atoms with Crippen LogP contribution >= 0.6 is 0 Å². The molecule has 1 aliphatic rings. The molecule has 2 rings (SSSR count). The number of para-hydroxylation sites is 1. The fraction of sp³-hybridized carbons (Fsp3) is 0.571. The van der Waals surface area contributed by atoms with E-state index in [4.69, 9.17) is 0 Å². The molecule has 2 heteroatoms. The number of benzene rings is 1. The predicted molar refractivity (Wildman–Crippen MR) is 69.9 cm³/mol. The lowest BCUT2D eigenvalue weighted by molar-refractivity contribution is 0.366. The molecule has 0 saturated carbocycles. The molecule has 0 aromatic heterocycles. The quantitative estimate of drug-likeness (QED) is 0.835. The summed E-state index contributed by atoms with van der Waals surface area (Å²) in [5.41, 5.74) is 1.78. The highest BCUT2D eigenvalue weighted by Crippen LogP contribution is 2.27. The highest BCUT2D eigenvalue weighted by molar-refractivity contribution is 5.46. The van der Waals surface area contributed by atoms with Crippen LogP contribution in [0.1, 0.15) is 20.3 Å². The molecule has 1 saturated heterocycles. The maximum absolute atomic E-state index is 3.47. The van der Waals surface area contributed by atoms with Crippen LogP contribution in [0.3, 0.4) is 0 Å². The predicted octanol–water partition coefficient (Wildman–Crippen LogP) is 2.51. The summed E-state index contributed by atoms with van der Waals surface area (Å²) in [6.45, 7) is 9.18. The largest absolute Gasteiger partial charge is 0.371 e. The minimum atomic E-state index is 0.436. The zero-order valence-electron chi connectivity index (χ0n) is 10.4. The lowest BCUT2D eigenvalue weighted by atomic mass is 9.89. The van der Waals surface area contributed by atoms with Gasteiger partial charge in [-0.25, -0.2) is 0 Å². The summed E-state index contributed by atoms with van der Waals surface area (Å²) in [4.78, 5) is 2.48. The Labute approximate surface area is 98.7 Å². The van der Waals surface area contributed by atoms with Crippen LogP contribution in [-0.2, 0) is 0 Å². The third-order valence-corrected chi connectivity index (χ3v) is 3.53.